The van der Waals surface area contributed by atoms with Gasteiger partial charge in [0.15, 0.2) is 0 Å². The van der Waals surface area contributed by atoms with Crippen LogP contribution in [0.2, 0.25) is 0 Å². The van der Waals surface area contributed by atoms with Gasteiger partial charge in [0.05, 0.1) is 17.4 Å². The smallest absolute Gasteiger partial charge is 0.238 e. The molecule has 1 atom stereocenters. The number of primary sulfonamides is 1. The van der Waals surface area contributed by atoms with Crippen molar-refractivity contribution < 1.29 is 18.3 Å². The van der Waals surface area contributed by atoms with Gasteiger partial charge in [-0.2, -0.15) is 0 Å². The van der Waals surface area contributed by atoms with Gasteiger partial charge in [0.2, 0.25) is 15.9 Å². The highest BCUT2D eigenvalue weighted by atomic mass is 32.2. The zero-order chi connectivity index (χ0) is 30.5. The molecule has 0 unspecified atom stereocenters. The van der Waals surface area contributed by atoms with Crippen molar-refractivity contribution >= 4 is 15.9 Å². The first kappa shape index (κ1) is 31.1. The van der Waals surface area contributed by atoms with E-state index >= 15 is 0 Å². The van der Waals surface area contributed by atoms with Crippen LogP contribution in [0.1, 0.15) is 53.6 Å². The summed E-state index contributed by atoms with van der Waals surface area (Å²) in [5.74, 6) is 0.691. The molecule has 0 saturated carbocycles. The number of amides is 1. The number of aliphatic hydroxyl groups excluding tert-OH is 1. The highest BCUT2D eigenvalue weighted by Crippen LogP contribution is 2.20. The van der Waals surface area contributed by atoms with E-state index in [4.69, 9.17) is 5.14 Å². The number of rotatable bonds is 12. The number of carbonyl (C=O) groups is 1. The Labute approximate surface area is 247 Å². The summed E-state index contributed by atoms with van der Waals surface area (Å²) >= 11 is 0. The maximum absolute atomic E-state index is 12.6. The van der Waals surface area contributed by atoms with E-state index in [1.54, 1.807) is 18.3 Å². The van der Waals surface area contributed by atoms with Crippen LogP contribution in [-0.2, 0) is 34.2 Å². The van der Waals surface area contributed by atoms with E-state index in [1.165, 1.54) is 12.1 Å². The molecule has 0 bridgehead atoms. The summed E-state index contributed by atoms with van der Waals surface area (Å²) in [5, 5.41) is 22.3. The average molecular weight is 590 g/mol. The number of pyridine rings is 1. The summed E-state index contributed by atoms with van der Waals surface area (Å²) in [7, 11) is -3.75. The molecule has 5 N–H and O–H groups in total. The van der Waals surface area contributed by atoms with Crippen molar-refractivity contribution in [2.24, 2.45) is 5.14 Å². The van der Waals surface area contributed by atoms with Crippen LogP contribution >= 0.6 is 0 Å². The zero-order valence-electron chi connectivity index (χ0n) is 24.5. The summed E-state index contributed by atoms with van der Waals surface area (Å²) in [6.45, 7) is 8.90. The molecular weight excluding hydrogens is 550 g/mol. The van der Waals surface area contributed by atoms with Crippen LogP contribution in [0, 0.1) is 13.8 Å². The molecule has 222 valence electrons. The third-order valence-electron chi connectivity index (χ3n) is 7.17. The average Bonchev–Trinajstić information content (AvgIpc) is 3.28. The number of aromatic nitrogens is 2. The number of aryl methyl sites for hydroxylation is 2. The summed E-state index contributed by atoms with van der Waals surface area (Å²) in [5.41, 5.74) is 5.40. The SMILES string of the molecule is Cc1ccc(C)n1-c1ccc([C@@H](O)CNC(C)(C)Cc2cccc(CC(=O)NCc3ccc(S(N)(=O)=O)cc3)c2)cn1. The van der Waals surface area contributed by atoms with Crippen molar-refractivity contribution in [3.05, 3.63) is 113 Å². The molecular formula is C32H39N5O4S. The minimum Gasteiger partial charge on any atom is -0.387 e. The van der Waals surface area contributed by atoms with Crippen LogP contribution in [0.4, 0.5) is 0 Å². The lowest BCUT2D eigenvalue weighted by Crippen LogP contribution is -2.43. The lowest BCUT2D eigenvalue weighted by molar-refractivity contribution is -0.120. The van der Waals surface area contributed by atoms with Crippen LogP contribution < -0.4 is 15.8 Å². The van der Waals surface area contributed by atoms with Crippen molar-refractivity contribution in [2.75, 3.05) is 6.54 Å². The quantitative estimate of drug-likeness (QED) is 0.199. The Morgan fingerprint density at radius 2 is 1.64 bits per heavy atom. The highest BCUT2D eigenvalue weighted by molar-refractivity contribution is 7.89. The number of hydrogen-bond donors (Lipinski definition) is 4. The lowest BCUT2D eigenvalue weighted by atomic mass is 9.93. The molecule has 4 rings (SSSR count). The van der Waals surface area contributed by atoms with Crippen LogP contribution in [-0.4, -0.2) is 41.1 Å². The molecule has 0 aliphatic rings. The van der Waals surface area contributed by atoms with Gasteiger partial charge >= 0.3 is 0 Å². The molecule has 0 radical (unpaired) electrons. The second kappa shape index (κ2) is 13.0. The normalized spacial score (nSPS) is 12.7. The van der Waals surface area contributed by atoms with Gasteiger partial charge in [-0.1, -0.05) is 42.5 Å². The summed E-state index contributed by atoms with van der Waals surface area (Å²) in [6, 6.07) is 22.0. The van der Waals surface area contributed by atoms with Crippen LogP contribution in [0.3, 0.4) is 0 Å². The number of β-amino-alcohol motifs (C(OH)–C–C–N with tert-alkyl or cyclic N) is 1. The third kappa shape index (κ3) is 8.36. The Morgan fingerprint density at radius 1 is 0.976 bits per heavy atom. The predicted octanol–water partition coefficient (Wildman–Crippen LogP) is 3.64. The predicted molar refractivity (Wildman–Crippen MR) is 164 cm³/mol. The van der Waals surface area contributed by atoms with Crippen molar-refractivity contribution in [3.63, 3.8) is 0 Å². The molecule has 10 heteroatoms. The van der Waals surface area contributed by atoms with Gasteiger partial charge in [-0.25, -0.2) is 18.5 Å². The standard InChI is InChI=1S/C32H39N5O4S/c1-22-8-9-23(2)37(22)30-15-12-27(20-34-30)29(38)21-36-32(3,4)18-26-7-5-6-25(16-26)17-31(39)35-19-24-10-13-28(14-11-24)42(33,40)41/h5-16,20,29,36,38H,17-19,21H2,1-4H3,(H,35,39)(H2,33,40,41)/t29-/m0/s1. The maximum Gasteiger partial charge on any atom is 0.238 e. The topological polar surface area (TPSA) is 139 Å². The first-order valence-electron chi connectivity index (χ1n) is 13.8. The monoisotopic (exact) mass is 589 g/mol. The van der Waals surface area contributed by atoms with E-state index in [9.17, 15) is 18.3 Å². The molecule has 0 aliphatic heterocycles. The van der Waals surface area contributed by atoms with Crippen LogP contribution in [0.15, 0.2) is 83.9 Å². The molecule has 0 aliphatic carbocycles. The van der Waals surface area contributed by atoms with Gasteiger partial charge in [0, 0.05) is 41.8 Å². The molecule has 2 aromatic heterocycles. The van der Waals surface area contributed by atoms with Crippen LogP contribution in [0.25, 0.3) is 5.82 Å². The second-order valence-corrected chi connectivity index (χ2v) is 12.9. The first-order valence-corrected chi connectivity index (χ1v) is 15.4. The molecule has 1 amide bonds. The van der Waals surface area contributed by atoms with E-state index in [0.717, 1.165) is 39.5 Å². The number of aliphatic hydroxyl groups is 1. The second-order valence-electron chi connectivity index (χ2n) is 11.3. The third-order valence-corrected chi connectivity index (χ3v) is 8.10. The molecule has 0 fully saturated rings. The van der Waals surface area contributed by atoms with E-state index in [-0.39, 0.29) is 29.3 Å². The molecule has 0 spiro atoms. The summed E-state index contributed by atoms with van der Waals surface area (Å²) in [6.07, 6.45) is 1.95. The highest BCUT2D eigenvalue weighted by Gasteiger charge is 2.21. The van der Waals surface area contributed by atoms with Gasteiger partial charge in [0.25, 0.3) is 0 Å². The maximum atomic E-state index is 12.6. The Morgan fingerprint density at radius 3 is 2.26 bits per heavy atom. The fourth-order valence-electron chi connectivity index (χ4n) is 4.92. The van der Waals surface area contributed by atoms with Gasteiger partial charge in [-0.15, -0.1) is 0 Å². The number of carbonyl (C=O) groups excluding carboxylic acids is 1. The van der Waals surface area contributed by atoms with Gasteiger partial charge in [-0.3, -0.25) is 4.79 Å². The van der Waals surface area contributed by atoms with Gasteiger partial charge in [0.1, 0.15) is 5.82 Å². The molecule has 2 heterocycles. The largest absolute Gasteiger partial charge is 0.387 e. The Hall–Kier alpha value is -3.83. The minimum absolute atomic E-state index is 0.0331. The number of nitrogens with one attached hydrogen (secondary N) is 2. The summed E-state index contributed by atoms with van der Waals surface area (Å²) < 4.78 is 24.9. The van der Waals surface area contributed by atoms with Crippen molar-refractivity contribution in [1.82, 2.24) is 20.2 Å². The fraction of sp³-hybridized carbons (Fsp3) is 0.312. The molecule has 42 heavy (non-hydrogen) atoms. The molecule has 0 saturated heterocycles. The number of hydrogen-bond acceptors (Lipinski definition) is 6. The number of nitrogens with two attached hydrogens (primary N) is 1. The number of nitrogens with zero attached hydrogens (tertiary/aromatic N) is 2. The molecule has 4 aromatic rings. The van der Waals surface area contributed by atoms with E-state index in [1.807, 2.05) is 50.2 Å². The van der Waals surface area contributed by atoms with E-state index in [0.29, 0.717) is 13.0 Å². The molecule has 2 aromatic carbocycles. The van der Waals surface area contributed by atoms with Crippen molar-refractivity contribution in [1.29, 1.82) is 0 Å². The fourth-order valence-corrected chi connectivity index (χ4v) is 5.43. The Kier molecular flexibility index (Phi) is 9.63. The van der Waals surface area contributed by atoms with Gasteiger partial charge in [-0.05, 0) is 81.1 Å². The Balaban J connectivity index is 1.28. The molecule has 9 nitrogen and oxygen atoms in total. The number of sulfonamides is 1. The van der Waals surface area contributed by atoms with Crippen molar-refractivity contribution in [3.8, 4) is 5.82 Å². The Bertz CT molecular complexity index is 1610. The van der Waals surface area contributed by atoms with Gasteiger partial charge < -0.3 is 20.3 Å². The summed E-state index contributed by atoms with van der Waals surface area (Å²) in [4.78, 5) is 17.2. The van der Waals surface area contributed by atoms with Crippen molar-refractivity contribution in [2.45, 2.75) is 63.6 Å². The zero-order valence-corrected chi connectivity index (χ0v) is 25.3. The first-order chi connectivity index (χ1) is 19.8. The lowest BCUT2D eigenvalue weighted by Gasteiger charge is -2.28. The van der Waals surface area contributed by atoms with Crippen LogP contribution in [0.5, 0.6) is 0 Å². The number of benzene rings is 2. The van der Waals surface area contributed by atoms with E-state index < -0.39 is 16.1 Å². The van der Waals surface area contributed by atoms with E-state index in [2.05, 4.69) is 46.2 Å². The minimum atomic E-state index is -3.75.